The van der Waals surface area contributed by atoms with Crippen molar-refractivity contribution in [1.82, 2.24) is 9.55 Å². The first kappa shape index (κ1) is 13.8. The van der Waals surface area contributed by atoms with Gasteiger partial charge in [0, 0.05) is 36.7 Å². The van der Waals surface area contributed by atoms with E-state index in [1.807, 2.05) is 31.3 Å². The number of rotatable bonds is 4. The molecule has 3 rings (SSSR count). The number of aromatic nitrogens is 2. The van der Waals surface area contributed by atoms with E-state index >= 15 is 0 Å². The molecule has 2 N–H and O–H groups in total. The molecule has 1 aromatic carbocycles. The van der Waals surface area contributed by atoms with Gasteiger partial charge >= 0.3 is 0 Å². The van der Waals surface area contributed by atoms with Gasteiger partial charge in [0.2, 0.25) is 0 Å². The quantitative estimate of drug-likeness (QED) is 0.875. The van der Waals surface area contributed by atoms with Crippen LogP contribution in [0, 0.1) is 0 Å². The lowest BCUT2D eigenvalue weighted by atomic mass is 10.2. The molecule has 2 aromatic rings. The largest absolute Gasteiger partial charge is 0.389 e. The number of nitrogens with zero attached hydrogens (tertiary/aromatic N) is 3. The molecular weight excluding hydrogens is 284 g/mol. The fraction of sp³-hybridized carbons (Fsp3) is 0.267. The Morgan fingerprint density at radius 2 is 2.24 bits per heavy atom. The van der Waals surface area contributed by atoms with Gasteiger partial charge < -0.3 is 15.2 Å². The summed E-state index contributed by atoms with van der Waals surface area (Å²) in [6.07, 6.45) is 5.54. The Hall–Kier alpha value is -2.21. The van der Waals surface area contributed by atoms with Gasteiger partial charge in [-0.2, -0.15) is 0 Å². The van der Waals surface area contributed by atoms with Crippen LogP contribution in [0.1, 0.15) is 24.4 Å². The molecular formula is C15H16N4OS. The summed E-state index contributed by atoms with van der Waals surface area (Å²) in [5, 5.41) is 0. The van der Waals surface area contributed by atoms with Crippen LogP contribution in [0.5, 0.6) is 0 Å². The number of hydrogen-bond acceptors (Lipinski definition) is 4. The molecule has 0 bridgehead atoms. The highest BCUT2D eigenvalue weighted by Gasteiger charge is 2.26. The molecule has 1 aliphatic carbocycles. The molecule has 21 heavy (non-hydrogen) atoms. The van der Waals surface area contributed by atoms with Gasteiger partial charge in [0.25, 0.3) is 5.56 Å². The van der Waals surface area contributed by atoms with Crippen molar-refractivity contribution in [3.05, 3.63) is 52.6 Å². The van der Waals surface area contributed by atoms with Gasteiger partial charge in [-0.05, 0) is 25.0 Å². The maximum atomic E-state index is 12.5. The summed E-state index contributed by atoms with van der Waals surface area (Å²) in [5.74, 6) is 0.407. The van der Waals surface area contributed by atoms with Gasteiger partial charge in [0.15, 0.2) is 5.82 Å². The van der Waals surface area contributed by atoms with Crippen LogP contribution in [-0.2, 0) is 0 Å². The van der Waals surface area contributed by atoms with Crippen LogP contribution in [0.15, 0.2) is 41.5 Å². The Morgan fingerprint density at radius 3 is 2.90 bits per heavy atom. The van der Waals surface area contributed by atoms with Crippen molar-refractivity contribution in [1.29, 1.82) is 0 Å². The Labute approximate surface area is 128 Å². The van der Waals surface area contributed by atoms with Crippen LogP contribution < -0.4 is 16.2 Å². The molecule has 1 saturated carbocycles. The highest BCUT2D eigenvalue weighted by molar-refractivity contribution is 7.80. The average molecular weight is 300 g/mol. The molecule has 6 heteroatoms. The van der Waals surface area contributed by atoms with Gasteiger partial charge in [0.05, 0.1) is 0 Å². The molecule has 0 unspecified atom stereocenters. The second kappa shape index (κ2) is 5.29. The summed E-state index contributed by atoms with van der Waals surface area (Å²) in [6, 6.07) is 7.80. The monoisotopic (exact) mass is 300 g/mol. The van der Waals surface area contributed by atoms with Crippen LogP contribution in [0.25, 0.3) is 0 Å². The van der Waals surface area contributed by atoms with E-state index in [0.717, 1.165) is 24.1 Å². The zero-order valence-electron chi connectivity index (χ0n) is 11.7. The standard InChI is InChI=1S/C15H16N4OS/c1-18(12-4-2-3-10(9-12)13(16)21)14-15(20)19(8-7-17-14)11-5-6-11/h2-4,7-9,11H,5-6H2,1H3,(H2,16,21). The first-order chi connectivity index (χ1) is 10.1. The number of benzene rings is 1. The van der Waals surface area contributed by atoms with Crippen molar-refractivity contribution in [3.63, 3.8) is 0 Å². The second-order valence-corrected chi connectivity index (χ2v) is 5.61. The van der Waals surface area contributed by atoms with E-state index in [-0.39, 0.29) is 5.56 Å². The summed E-state index contributed by atoms with van der Waals surface area (Å²) in [5.41, 5.74) is 7.19. The van der Waals surface area contributed by atoms with Crippen molar-refractivity contribution < 1.29 is 0 Å². The van der Waals surface area contributed by atoms with E-state index in [1.54, 1.807) is 21.9 Å². The van der Waals surface area contributed by atoms with E-state index in [0.29, 0.717) is 16.8 Å². The predicted octanol–water partition coefficient (Wildman–Crippen LogP) is 1.98. The third kappa shape index (κ3) is 2.67. The fourth-order valence-corrected chi connectivity index (χ4v) is 2.40. The zero-order valence-corrected chi connectivity index (χ0v) is 12.5. The molecule has 0 aliphatic heterocycles. The molecule has 5 nitrogen and oxygen atoms in total. The fourth-order valence-electron chi connectivity index (χ4n) is 2.27. The molecule has 108 valence electrons. The minimum Gasteiger partial charge on any atom is -0.389 e. The predicted molar refractivity (Wildman–Crippen MR) is 87.2 cm³/mol. The summed E-state index contributed by atoms with van der Waals surface area (Å²) >= 11 is 4.99. The summed E-state index contributed by atoms with van der Waals surface area (Å²) < 4.78 is 1.76. The molecule has 0 spiro atoms. The summed E-state index contributed by atoms with van der Waals surface area (Å²) in [4.78, 5) is 18.8. The Bertz CT molecular complexity index is 751. The third-order valence-electron chi connectivity index (χ3n) is 3.63. The lowest BCUT2D eigenvalue weighted by molar-refractivity contribution is 0.697. The first-order valence-electron chi connectivity index (χ1n) is 6.78. The van der Waals surface area contributed by atoms with Crippen LogP contribution >= 0.6 is 12.2 Å². The van der Waals surface area contributed by atoms with E-state index in [9.17, 15) is 4.79 Å². The SMILES string of the molecule is CN(c1cccc(C(N)=S)c1)c1nccn(C2CC2)c1=O. The second-order valence-electron chi connectivity index (χ2n) is 5.17. The van der Waals surface area contributed by atoms with E-state index in [1.165, 1.54) is 0 Å². The highest BCUT2D eigenvalue weighted by Crippen LogP contribution is 2.33. The Morgan fingerprint density at radius 1 is 1.48 bits per heavy atom. The normalized spacial score (nSPS) is 14.0. The topological polar surface area (TPSA) is 64.2 Å². The van der Waals surface area contributed by atoms with E-state index in [2.05, 4.69) is 4.98 Å². The maximum absolute atomic E-state index is 12.5. The minimum atomic E-state index is -0.0665. The van der Waals surface area contributed by atoms with E-state index < -0.39 is 0 Å². The summed E-state index contributed by atoms with van der Waals surface area (Å²) in [6.45, 7) is 0. The molecule has 1 heterocycles. The molecule has 0 radical (unpaired) electrons. The number of anilines is 2. The Balaban J connectivity index is 2.00. The minimum absolute atomic E-state index is 0.0665. The average Bonchev–Trinajstić information content (AvgIpc) is 3.31. The van der Waals surface area contributed by atoms with Crippen molar-refractivity contribution in [2.45, 2.75) is 18.9 Å². The van der Waals surface area contributed by atoms with E-state index in [4.69, 9.17) is 18.0 Å². The van der Waals surface area contributed by atoms with Crippen molar-refractivity contribution in [3.8, 4) is 0 Å². The number of nitrogens with two attached hydrogens (primary N) is 1. The van der Waals surface area contributed by atoms with Crippen LogP contribution in [0.3, 0.4) is 0 Å². The number of hydrogen-bond donors (Lipinski definition) is 1. The van der Waals surface area contributed by atoms with Crippen molar-refractivity contribution in [2.75, 3.05) is 11.9 Å². The lowest BCUT2D eigenvalue weighted by Gasteiger charge is -2.19. The maximum Gasteiger partial charge on any atom is 0.294 e. The molecule has 0 atom stereocenters. The molecule has 1 aliphatic rings. The van der Waals surface area contributed by atoms with Gasteiger partial charge in [-0.1, -0.05) is 24.4 Å². The lowest BCUT2D eigenvalue weighted by Crippen LogP contribution is -2.27. The smallest absolute Gasteiger partial charge is 0.294 e. The van der Waals surface area contributed by atoms with Crippen molar-refractivity contribution in [2.24, 2.45) is 5.73 Å². The highest BCUT2D eigenvalue weighted by atomic mass is 32.1. The van der Waals surface area contributed by atoms with Crippen molar-refractivity contribution >= 4 is 28.7 Å². The van der Waals surface area contributed by atoms with Gasteiger partial charge in [0.1, 0.15) is 4.99 Å². The van der Waals surface area contributed by atoms with Gasteiger partial charge in [-0.15, -0.1) is 0 Å². The first-order valence-corrected chi connectivity index (χ1v) is 7.19. The third-order valence-corrected chi connectivity index (χ3v) is 3.86. The number of thiocarbonyl (C=S) groups is 1. The van der Waals surface area contributed by atoms with Crippen LogP contribution in [0.4, 0.5) is 11.5 Å². The zero-order chi connectivity index (χ0) is 15.0. The molecule has 0 saturated heterocycles. The molecule has 0 amide bonds. The van der Waals surface area contributed by atoms with Crippen LogP contribution in [0.2, 0.25) is 0 Å². The molecule has 1 fully saturated rings. The van der Waals surface area contributed by atoms with Gasteiger partial charge in [-0.25, -0.2) is 4.98 Å². The summed E-state index contributed by atoms with van der Waals surface area (Å²) in [7, 11) is 1.82. The van der Waals surface area contributed by atoms with Crippen LogP contribution in [-0.4, -0.2) is 21.6 Å². The van der Waals surface area contributed by atoms with Gasteiger partial charge in [-0.3, -0.25) is 4.79 Å². The Kier molecular flexibility index (Phi) is 3.47. The molecule has 1 aromatic heterocycles.